The highest BCUT2D eigenvalue weighted by Crippen LogP contribution is 2.47. The molecule has 16 rings (SSSR count). The Hall–Kier alpha value is -11.2. The van der Waals surface area contributed by atoms with Crippen molar-refractivity contribution >= 4 is 92.6 Å². The number of benzene rings is 4. The van der Waals surface area contributed by atoms with Crippen LogP contribution in [0.1, 0.15) is 55.4 Å². The van der Waals surface area contributed by atoms with E-state index >= 15 is 0 Å². The van der Waals surface area contributed by atoms with E-state index in [0.29, 0.717) is 12.3 Å². The summed E-state index contributed by atoms with van der Waals surface area (Å²) in [5, 5.41) is 0. The summed E-state index contributed by atoms with van der Waals surface area (Å²) in [4.78, 5) is 63.2. The maximum atomic E-state index is 4.69. The standard InChI is InChI=1S/C23H27N6.C22H26N7.C15H23N6.C14H22N7/c1-16-25(3)18-10-6-8-12-20(18)28(16)22-14-24-15-23(27(22)5)29-17(2)26(4)19-11-7-9-13-21(19)29;1-15-25(3)17-10-6-8-12-19(17)28(15)21-23-14-24-22(27(21)5)29-16(2)26(4)18-11-7-9-13-20(18)29;1-12-17(3)6-8-20(12)14-10-16-11-15(19(14)5)21-9-7-18(4)13(21)2;1-11-17(3)6-8-20(11)13-15-10-16-14(19(13)5)21-9-7-18(4)12(21)2/h6-17H,1-5H3;6-16H,1-5H3;6-13H,1-5H3;6-12H,1-5H3/q4*+1/t16-,17+;15-,16+;12-,13+;11-,12+. The van der Waals surface area contributed by atoms with Crippen molar-refractivity contribution in [3.63, 3.8) is 0 Å². The zero-order chi connectivity index (χ0) is 70.9. The van der Waals surface area contributed by atoms with Crippen LogP contribution < -0.4 is 77.1 Å². The van der Waals surface area contributed by atoms with E-state index in [1.54, 1.807) is 12.7 Å². The van der Waals surface area contributed by atoms with Gasteiger partial charge in [0.1, 0.15) is 84.5 Å². The van der Waals surface area contributed by atoms with E-state index in [1.807, 2.05) is 55.8 Å². The summed E-state index contributed by atoms with van der Waals surface area (Å²) < 4.78 is 8.57. The number of hydrogen-bond donors (Lipinski definition) is 0. The van der Waals surface area contributed by atoms with Gasteiger partial charge in [-0.05, 0) is 104 Å². The number of fused-ring (bicyclic) bond motifs is 4. The Bertz CT molecular complexity index is 3910. The lowest BCUT2D eigenvalue weighted by Gasteiger charge is -2.27. The summed E-state index contributed by atoms with van der Waals surface area (Å²) in [6.07, 6.45) is 29.4. The lowest BCUT2D eigenvalue weighted by molar-refractivity contribution is -0.651. The normalized spacial score (nSPS) is 22.1. The third-order valence-corrected chi connectivity index (χ3v) is 21.6. The third-order valence-electron chi connectivity index (χ3n) is 21.6. The smallest absolute Gasteiger partial charge is 0.332 e. The molecule has 100 heavy (non-hydrogen) atoms. The molecule has 4 aromatic carbocycles. The van der Waals surface area contributed by atoms with E-state index in [2.05, 4.69) is 382 Å². The molecule has 0 saturated heterocycles. The predicted octanol–water partition coefficient (Wildman–Crippen LogP) is 8.43. The molecule has 0 spiro atoms. The number of aromatic nitrogens is 10. The lowest BCUT2D eigenvalue weighted by Crippen LogP contribution is -2.49. The Morgan fingerprint density at radius 3 is 0.800 bits per heavy atom. The van der Waals surface area contributed by atoms with Crippen molar-refractivity contribution < 1.29 is 18.3 Å². The van der Waals surface area contributed by atoms with E-state index in [-0.39, 0.29) is 37.0 Å². The van der Waals surface area contributed by atoms with Crippen LogP contribution in [0, 0.1) is 0 Å². The minimum Gasteiger partial charge on any atom is -0.351 e. The summed E-state index contributed by atoms with van der Waals surface area (Å²) in [6, 6.07) is 34.0. The minimum absolute atomic E-state index is 0.160. The van der Waals surface area contributed by atoms with Crippen molar-refractivity contribution in [2.24, 2.45) is 28.2 Å². The zero-order valence-electron chi connectivity index (χ0n) is 61.6. The molecule has 12 heterocycles. The van der Waals surface area contributed by atoms with Gasteiger partial charge < -0.3 is 39.2 Å². The van der Waals surface area contributed by atoms with E-state index in [0.717, 1.165) is 58.4 Å². The predicted molar refractivity (Wildman–Crippen MR) is 398 cm³/mol. The Morgan fingerprint density at radius 1 is 0.260 bits per heavy atom. The van der Waals surface area contributed by atoms with Crippen LogP contribution in [0.15, 0.2) is 184 Å². The Labute approximate surface area is 589 Å². The fourth-order valence-electron chi connectivity index (χ4n) is 14.4. The fraction of sp³-hybridized carbons (Fsp3) is 0.378. The Kier molecular flexibility index (Phi) is 18.1. The first-order chi connectivity index (χ1) is 48.0. The average Bonchev–Trinajstić information content (AvgIpc) is 1.58. The molecule has 26 nitrogen and oxygen atoms in total. The number of para-hydroxylation sites is 8. The summed E-state index contributed by atoms with van der Waals surface area (Å²) in [5.74, 6) is 7.81. The van der Waals surface area contributed by atoms with Gasteiger partial charge in [-0.2, -0.15) is 0 Å². The molecule has 4 aromatic heterocycles. The molecule has 0 bridgehead atoms. The molecule has 26 heteroatoms. The Morgan fingerprint density at radius 2 is 0.500 bits per heavy atom. The Balaban J connectivity index is 0.000000121. The highest BCUT2D eigenvalue weighted by atomic mass is 15.5. The van der Waals surface area contributed by atoms with Crippen molar-refractivity contribution in [1.82, 2.24) is 49.5 Å². The fourth-order valence-corrected chi connectivity index (χ4v) is 14.4. The molecule has 8 aliphatic rings. The minimum atomic E-state index is 0.160. The van der Waals surface area contributed by atoms with Crippen molar-refractivity contribution in [2.45, 2.75) is 105 Å². The zero-order valence-corrected chi connectivity index (χ0v) is 61.6. The van der Waals surface area contributed by atoms with Gasteiger partial charge in [-0.15, -0.1) is 19.9 Å². The van der Waals surface area contributed by atoms with Gasteiger partial charge in [0, 0.05) is 95.3 Å². The maximum Gasteiger partial charge on any atom is 0.332 e. The number of nitrogens with zero attached hydrogens (tertiary/aromatic N) is 26. The van der Waals surface area contributed by atoms with Crippen LogP contribution in [-0.4, -0.2) is 155 Å². The second-order valence-electron chi connectivity index (χ2n) is 26.8. The molecular weight excluding hydrogens is 1250 g/mol. The molecule has 8 aromatic rings. The average molecular weight is 1350 g/mol. The van der Waals surface area contributed by atoms with Crippen LogP contribution in [0.3, 0.4) is 0 Å². The van der Waals surface area contributed by atoms with Crippen molar-refractivity contribution in [3.8, 4) is 0 Å². The van der Waals surface area contributed by atoms with Crippen LogP contribution in [-0.2, 0) is 28.2 Å². The van der Waals surface area contributed by atoms with E-state index < -0.39 is 0 Å². The van der Waals surface area contributed by atoms with E-state index in [1.165, 1.54) is 34.1 Å². The first kappa shape index (κ1) is 67.4. The van der Waals surface area contributed by atoms with Crippen molar-refractivity contribution in [2.75, 3.05) is 115 Å². The molecule has 8 atom stereocenters. The van der Waals surface area contributed by atoms with Gasteiger partial charge in [0.2, 0.25) is 35.9 Å². The van der Waals surface area contributed by atoms with Crippen molar-refractivity contribution in [1.29, 1.82) is 0 Å². The number of rotatable bonds is 8. The first-order valence-corrected chi connectivity index (χ1v) is 34.3. The largest absolute Gasteiger partial charge is 0.351 e. The lowest BCUT2D eigenvalue weighted by atomic mass is 10.2. The summed E-state index contributed by atoms with van der Waals surface area (Å²) >= 11 is 0. The summed E-state index contributed by atoms with van der Waals surface area (Å²) in [7, 11) is 25.1. The van der Waals surface area contributed by atoms with Crippen LogP contribution in [0.2, 0.25) is 0 Å². The monoisotopic (exact) mass is 1350 g/mol. The second kappa shape index (κ2) is 26.9. The van der Waals surface area contributed by atoms with Crippen molar-refractivity contribution in [3.05, 3.63) is 184 Å². The van der Waals surface area contributed by atoms with E-state index in [9.17, 15) is 0 Å². The molecule has 8 aliphatic heterocycles. The quantitative estimate of drug-likeness (QED) is 0.134. The second-order valence-corrected chi connectivity index (χ2v) is 26.8. The number of hydrogen-bond acceptors (Lipinski definition) is 22. The molecule has 0 saturated carbocycles. The SMILES string of the molecule is C[C@@H]1N(C)C=CN1c1cncc(N2C=CN(C)[C@@H]2C)[n+]1C.C[C@@H]1N(C)C=CN1c1ncnc(N2C=CN(C)[C@@H]2C)[n+]1C.C[C@@H]1N(C)c2ccccc2N1c1cncc(N2c3ccccc3N(C)[C@@H]2C)[n+]1C.C[C@@H]1N(C)c2ccccc2N1c1ncnc(N2c3ccccc3N(C)[C@@H]2C)[n+]1C. The number of anilines is 16. The third kappa shape index (κ3) is 11.4. The van der Waals surface area contributed by atoms with Crippen LogP contribution >= 0.6 is 0 Å². The molecule has 0 radical (unpaired) electrons. The molecule has 0 fully saturated rings. The molecule has 0 unspecified atom stereocenters. The van der Waals surface area contributed by atoms with Gasteiger partial charge in [0.25, 0.3) is 0 Å². The summed E-state index contributed by atoms with van der Waals surface area (Å²) in [5.41, 5.74) is 9.65. The van der Waals surface area contributed by atoms with Crippen LogP contribution in [0.5, 0.6) is 0 Å². The van der Waals surface area contributed by atoms with Gasteiger partial charge in [0.15, 0.2) is 12.3 Å². The molecule has 0 amide bonds. The maximum absolute atomic E-state index is 4.69. The molecule has 0 N–H and O–H groups in total. The molecule has 520 valence electrons. The van der Waals surface area contributed by atoms with Gasteiger partial charge in [0.05, 0.1) is 61.6 Å². The van der Waals surface area contributed by atoms with Gasteiger partial charge in [-0.3, -0.25) is 9.97 Å². The highest BCUT2D eigenvalue weighted by molar-refractivity contribution is 5.85. The van der Waals surface area contributed by atoms with Crippen LogP contribution in [0.25, 0.3) is 0 Å². The van der Waals surface area contributed by atoms with E-state index in [4.69, 9.17) is 0 Å². The van der Waals surface area contributed by atoms with Gasteiger partial charge in [-0.1, -0.05) is 48.5 Å². The van der Waals surface area contributed by atoms with Crippen LogP contribution in [0.4, 0.5) is 92.6 Å². The highest BCUT2D eigenvalue weighted by Gasteiger charge is 2.44. The summed E-state index contributed by atoms with van der Waals surface area (Å²) in [6.45, 7) is 17.5. The topological polar surface area (TPSA) is 145 Å². The molecule has 0 aliphatic carbocycles. The van der Waals surface area contributed by atoms with Gasteiger partial charge in [-0.25, -0.2) is 57.5 Å². The van der Waals surface area contributed by atoms with Gasteiger partial charge >= 0.3 is 23.8 Å². The first-order valence-electron chi connectivity index (χ1n) is 34.3. The molecular formula is C74H98N26+4.